The lowest BCUT2D eigenvalue weighted by molar-refractivity contribution is -0.121. The van der Waals surface area contributed by atoms with Crippen LogP contribution >= 0.6 is 0 Å². The van der Waals surface area contributed by atoms with Crippen LogP contribution in [-0.4, -0.2) is 22.8 Å². The van der Waals surface area contributed by atoms with E-state index < -0.39 is 5.54 Å². The number of carbonyl (C=O) groups is 1. The van der Waals surface area contributed by atoms with Gasteiger partial charge in [0.05, 0.1) is 12.8 Å². The van der Waals surface area contributed by atoms with Gasteiger partial charge in [-0.05, 0) is 43.9 Å². The van der Waals surface area contributed by atoms with Crippen LogP contribution in [0.15, 0.2) is 24.3 Å². The fraction of sp³-hybridized carbons (Fsp3) is 0.412. The first-order valence-corrected chi connectivity index (χ1v) is 7.80. The molecule has 0 fully saturated rings. The first-order valence-electron chi connectivity index (χ1n) is 7.80. The minimum Gasteiger partial charge on any atom is -0.496 e. The molecule has 0 spiro atoms. The van der Waals surface area contributed by atoms with Crippen LogP contribution in [0.2, 0.25) is 0 Å². The molecule has 1 heterocycles. The normalized spacial score (nSPS) is 19.5. The quantitative estimate of drug-likeness (QED) is 0.904. The fourth-order valence-electron chi connectivity index (χ4n) is 3.24. The number of aryl methyl sites for hydroxylation is 2. The molecule has 0 aliphatic heterocycles. The average molecular weight is 314 g/mol. The Balaban J connectivity index is 1.92. The predicted molar refractivity (Wildman–Crippen MR) is 88.4 cm³/mol. The van der Waals surface area contributed by atoms with E-state index >= 15 is 0 Å². The molecule has 0 saturated heterocycles. The molecular formula is C17H22N4O2. The summed E-state index contributed by atoms with van der Waals surface area (Å²) in [5, 5.41) is 7.28. The summed E-state index contributed by atoms with van der Waals surface area (Å²) in [4.78, 5) is 12.9. The standard InChI is InChI=1S/C17H22N4O2/c1-4-21-15(10-11(2)20-21)19-16(22)17(18)9-8-12-13(17)6-5-7-14(12)23-3/h5-7,10H,4,8-9,18H2,1-3H3,(H,19,22). The summed E-state index contributed by atoms with van der Waals surface area (Å²) >= 11 is 0. The Morgan fingerprint density at radius 1 is 1.52 bits per heavy atom. The van der Waals surface area contributed by atoms with Crippen LogP contribution in [-0.2, 0) is 23.3 Å². The molecular weight excluding hydrogens is 292 g/mol. The summed E-state index contributed by atoms with van der Waals surface area (Å²) in [5.74, 6) is 1.26. The van der Waals surface area contributed by atoms with Crippen molar-refractivity contribution in [3.05, 3.63) is 41.1 Å². The zero-order valence-electron chi connectivity index (χ0n) is 13.7. The number of amides is 1. The highest BCUT2D eigenvalue weighted by atomic mass is 16.5. The topological polar surface area (TPSA) is 82.2 Å². The Bertz CT molecular complexity index is 753. The van der Waals surface area contributed by atoms with Gasteiger partial charge >= 0.3 is 0 Å². The number of anilines is 1. The highest BCUT2D eigenvalue weighted by Gasteiger charge is 2.43. The molecule has 1 aliphatic carbocycles. The van der Waals surface area contributed by atoms with Crippen molar-refractivity contribution in [1.29, 1.82) is 0 Å². The molecule has 3 rings (SSSR count). The molecule has 1 atom stereocenters. The van der Waals surface area contributed by atoms with Crippen molar-refractivity contribution in [3.8, 4) is 5.75 Å². The molecule has 6 nitrogen and oxygen atoms in total. The lowest BCUT2D eigenvalue weighted by Crippen LogP contribution is -2.46. The maximum atomic E-state index is 12.9. The summed E-state index contributed by atoms with van der Waals surface area (Å²) in [6.45, 7) is 4.57. The van der Waals surface area contributed by atoms with Gasteiger partial charge in [-0.1, -0.05) is 12.1 Å². The van der Waals surface area contributed by atoms with Gasteiger partial charge in [0, 0.05) is 12.6 Å². The van der Waals surface area contributed by atoms with E-state index in [9.17, 15) is 4.79 Å². The maximum absolute atomic E-state index is 12.9. The van der Waals surface area contributed by atoms with E-state index in [0.717, 1.165) is 29.0 Å². The lowest BCUT2D eigenvalue weighted by atomic mass is 9.92. The van der Waals surface area contributed by atoms with Crippen molar-refractivity contribution in [2.75, 3.05) is 12.4 Å². The molecule has 23 heavy (non-hydrogen) atoms. The zero-order valence-corrected chi connectivity index (χ0v) is 13.7. The molecule has 6 heteroatoms. The minimum absolute atomic E-state index is 0.209. The van der Waals surface area contributed by atoms with Crippen LogP contribution in [0.5, 0.6) is 5.75 Å². The highest BCUT2D eigenvalue weighted by molar-refractivity contribution is 5.99. The first-order chi connectivity index (χ1) is 11.0. The number of aromatic nitrogens is 2. The largest absolute Gasteiger partial charge is 0.496 e. The van der Waals surface area contributed by atoms with Crippen LogP contribution in [0.1, 0.15) is 30.2 Å². The van der Waals surface area contributed by atoms with Crippen LogP contribution in [0.3, 0.4) is 0 Å². The third kappa shape index (κ3) is 2.49. The minimum atomic E-state index is -1.04. The average Bonchev–Trinajstić information content (AvgIpc) is 3.08. The van der Waals surface area contributed by atoms with E-state index in [1.165, 1.54) is 0 Å². The predicted octanol–water partition coefficient (Wildman–Crippen LogP) is 1.96. The van der Waals surface area contributed by atoms with Crippen molar-refractivity contribution in [2.24, 2.45) is 5.73 Å². The van der Waals surface area contributed by atoms with Gasteiger partial charge in [-0.25, -0.2) is 4.68 Å². The smallest absolute Gasteiger partial charge is 0.250 e. The number of methoxy groups -OCH3 is 1. The van der Waals surface area contributed by atoms with Crippen molar-refractivity contribution in [2.45, 2.75) is 38.8 Å². The second-order valence-corrected chi connectivity index (χ2v) is 5.90. The Hall–Kier alpha value is -2.34. The summed E-state index contributed by atoms with van der Waals surface area (Å²) in [5.41, 5.74) is 8.17. The molecule has 1 amide bonds. The van der Waals surface area contributed by atoms with E-state index in [0.29, 0.717) is 18.8 Å². The Morgan fingerprint density at radius 2 is 2.30 bits per heavy atom. The van der Waals surface area contributed by atoms with Gasteiger partial charge in [0.15, 0.2) is 0 Å². The lowest BCUT2D eigenvalue weighted by Gasteiger charge is -2.24. The summed E-state index contributed by atoms with van der Waals surface area (Å²) in [7, 11) is 1.63. The molecule has 1 aromatic carbocycles. The third-order valence-corrected chi connectivity index (χ3v) is 4.45. The van der Waals surface area contributed by atoms with Crippen LogP contribution in [0, 0.1) is 6.92 Å². The van der Waals surface area contributed by atoms with Gasteiger partial charge < -0.3 is 15.8 Å². The van der Waals surface area contributed by atoms with Gasteiger partial charge in [0.1, 0.15) is 17.1 Å². The van der Waals surface area contributed by atoms with E-state index in [1.54, 1.807) is 11.8 Å². The number of rotatable bonds is 4. The fourth-order valence-corrected chi connectivity index (χ4v) is 3.24. The summed E-state index contributed by atoms with van der Waals surface area (Å²) in [6, 6.07) is 7.54. The monoisotopic (exact) mass is 314 g/mol. The molecule has 0 saturated carbocycles. The number of hydrogen-bond donors (Lipinski definition) is 2. The molecule has 122 valence electrons. The number of hydrogen-bond acceptors (Lipinski definition) is 4. The zero-order chi connectivity index (χ0) is 16.6. The third-order valence-electron chi connectivity index (χ3n) is 4.45. The number of carbonyl (C=O) groups excluding carboxylic acids is 1. The van der Waals surface area contributed by atoms with Crippen LogP contribution < -0.4 is 15.8 Å². The Labute approximate surface area is 135 Å². The number of ether oxygens (including phenoxy) is 1. The number of nitrogens with two attached hydrogens (primary N) is 1. The van der Waals surface area contributed by atoms with E-state index in [2.05, 4.69) is 10.4 Å². The summed E-state index contributed by atoms with van der Waals surface area (Å²) in [6.07, 6.45) is 1.29. The van der Waals surface area contributed by atoms with Crippen LogP contribution in [0.4, 0.5) is 5.82 Å². The summed E-state index contributed by atoms with van der Waals surface area (Å²) < 4.78 is 7.15. The highest BCUT2D eigenvalue weighted by Crippen LogP contribution is 2.40. The van der Waals surface area contributed by atoms with Crippen molar-refractivity contribution in [1.82, 2.24) is 9.78 Å². The first kappa shape index (κ1) is 15.6. The van der Waals surface area contributed by atoms with Crippen LogP contribution in [0.25, 0.3) is 0 Å². The van der Waals surface area contributed by atoms with Crippen molar-refractivity contribution < 1.29 is 9.53 Å². The van der Waals surface area contributed by atoms with Gasteiger partial charge in [0.2, 0.25) is 5.91 Å². The number of nitrogens with zero attached hydrogens (tertiary/aromatic N) is 2. The second kappa shape index (κ2) is 5.70. The number of fused-ring (bicyclic) bond motifs is 1. The molecule has 1 unspecified atom stereocenters. The van der Waals surface area contributed by atoms with Gasteiger partial charge in [-0.15, -0.1) is 0 Å². The van der Waals surface area contributed by atoms with E-state index in [-0.39, 0.29) is 5.91 Å². The Kier molecular flexibility index (Phi) is 3.85. The molecule has 0 radical (unpaired) electrons. The van der Waals surface area contributed by atoms with E-state index in [1.807, 2.05) is 38.1 Å². The molecule has 1 aromatic heterocycles. The van der Waals surface area contributed by atoms with Gasteiger partial charge in [-0.2, -0.15) is 5.10 Å². The van der Waals surface area contributed by atoms with Gasteiger partial charge in [-0.3, -0.25) is 4.79 Å². The van der Waals surface area contributed by atoms with Crippen molar-refractivity contribution in [3.63, 3.8) is 0 Å². The van der Waals surface area contributed by atoms with Gasteiger partial charge in [0.25, 0.3) is 0 Å². The SMILES string of the molecule is CCn1nc(C)cc1NC(=O)C1(N)CCc2c(OC)cccc21. The number of nitrogens with one attached hydrogen (secondary N) is 1. The van der Waals surface area contributed by atoms with Crippen molar-refractivity contribution >= 4 is 11.7 Å². The van der Waals surface area contributed by atoms with E-state index in [4.69, 9.17) is 10.5 Å². The molecule has 2 aromatic rings. The Morgan fingerprint density at radius 3 is 3.00 bits per heavy atom. The molecule has 0 bridgehead atoms. The second-order valence-electron chi connectivity index (χ2n) is 5.90. The molecule has 3 N–H and O–H groups in total. The number of benzene rings is 1. The maximum Gasteiger partial charge on any atom is 0.250 e. The molecule has 1 aliphatic rings.